The molecular weight excluding hydrogens is 281 g/mol. The summed E-state index contributed by atoms with van der Waals surface area (Å²) in [7, 11) is -0.849. The number of hydrogen-bond acceptors (Lipinski definition) is 4. The van der Waals surface area contributed by atoms with Crippen LogP contribution >= 0.6 is 0 Å². The van der Waals surface area contributed by atoms with Crippen LogP contribution < -0.4 is 9.62 Å². The first-order valence-corrected chi connectivity index (χ1v) is 7.28. The second-order valence-corrected chi connectivity index (χ2v) is 6.02. The smallest absolute Gasteiger partial charge is 0.265 e. The molecular formula is C13H14FN3O2S. The third-order valence-electron chi connectivity index (χ3n) is 2.84. The summed E-state index contributed by atoms with van der Waals surface area (Å²) in [5, 5.41) is 2.80. The zero-order valence-electron chi connectivity index (χ0n) is 11.0. The molecule has 5 nitrogen and oxygen atoms in total. The molecule has 0 atom stereocenters. The highest BCUT2D eigenvalue weighted by atomic mass is 32.2. The van der Waals surface area contributed by atoms with Crippen LogP contribution in [0.15, 0.2) is 47.5 Å². The molecule has 0 saturated heterocycles. The SMILES string of the molecule is CNc1ccc(S(=O)(=O)N(C)c2ccccc2F)cn1. The van der Waals surface area contributed by atoms with Crippen molar-refractivity contribution >= 4 is 21.5 Å². The number of nitrogens with one attached hydrogen (secondary N) is 1. The van der Waals surface area contributed by atoms with Gasteiger partial charge in [0, 0.05) is 20.3 Å². The van der Waals surface area contributed by atoms with Crippen molar-refractivity contribution in [2.45, 2.75) is 4.90 Å². The number of aromatic nitrogens is 1. The summed E-state index contributed by atoms with van der Waals surface area (Å²) in [5.41, 5.74) is -0.00908. The van der Waals surface area contributed by atoms with Crippen LogP contribution in [-0.4, -0.2) is 27.5 Å². The molecule has 0 aliphatic carbocycles. The van der Waals surface area contributed by atoms with Crippen LogP contribution in [-0.2, 0) is 10.0 Å². The lowest BCUT2D eigenvalue weighted by Crippen LogP contribution is -2.27. The Bertz CT molecular complexity index is 702. The molecule has 0 saturated carbocycles. The number of nitrogens with zero attached hydrogens (tertiary/aromatic N) is 2. The highest BCUT2D eigenvalue weighted by Crippen LogP contribution is 2.24. The number of hydrogen-bond donors (Lipinski definition) is 1. The molecule has 2 rings (SSSR count). The predicted molar refractivity (Wildman–Crippen MR) is 75.8 cm³/mol. The van der Waals surface area contributed by atoms with Crippen molar-refractivity contribution in [1.29, 1.82) is 0 Å². The Hall–Kier alpha value is -2.15. The van der Waals surface area contributed by atoms with E-state index in [0.29, 0.717) is 5.82 Å². The van der Waals surface area contributed by atoms with Gasteiger partial charge in [0.05, 0.1) is 5.69 Å². The van der Waals surface area contributed by atoms with Gasteiger partial charge in [0.15, 0.2) is 0 Å². The maximum atomic E-state index is 13.7. The summed E-state index contributed by atoms with van der Waals surface area (Å²) in [4.78, 5) is 3.95. The summed E-state index contributed by atoms with van der Waals surface area (Å²) >= 11 is 0. The minimum Gasteiger partial charge on any atom is -0.373 e. The van der Waals surface area contributed by atoms with Gasteiger partial charge < -0.3 is 5.32 Å². The lowest BCUT2D eigenvalue weighted by Gasteiger charge is -2.19. The highest BCUT2D eigenvalue weighted by Gasteiger charge is 2.23. The summed E-state index contributed by atoms with van der Waals surface area (Å²) in [6, 6.07) is 8.66. The second kappa shape index (κ2) is 5.46. The first-order chi connectivity index (χ1) is 9.46. The molecule has 0 bridgehead atoms. The molecule has 0 aliphatic heterocycles. The van der Waals surface area contributed by atoms with Gasteiger partial charge in [-0.15, -0.1) is 0 Å². The Balaban J connectivity index is 2.41. The molecule has 1 heterocycles. The monoisotopic (exact) mass is 295 g/mol. The fraction of sp³-hybridized carbons (Fsp3) is 0.154. The Morgan fingerprint density at radius 1 is 1.20 bits per heavy atom. The Labute approximate surface area is 117 Å². The third kappa shape index (κ3) is 2.57. The van der Waals surface area contributed by atoms with E-state index < -0.39 is 15.8 Å². The molecule has 20 heavy (non-hydrogen) atoms. The van der Waals surface area contributed by atoms with Crippen molar-refractivity contribution < 1.29 is 12.8 Å². The van der Waals surface area contributed by atoms with Gasteiger partial charge in [0.2, 0.25) is 0 Å². The normalized spacial score (nSPS) is 11.2. The van der Waals surface area contributed by atoms with Gasteiger partial charge in [0.25, 0.3) is 10.0 Å². The van der Waals surface area contributed by atoms with Gasteiger partial charge in [-0.05, 0) is 24.3 Å². The maximum absolute atomic E-state index is 13.7. The van der Waals surface area contributed by atoms with Gasteiger partial charge in [-0.1, -0.05) is 12.1 Å². The number of rotatable bonds is 4. The van der Waals surface area contributed by atoms with Crippen LogP contribution in [0.2, 0.25) is 0 Å². The molecule has 0 amide bonds. The van der Waals surface area contributed by atoms with E-state index in [-0.39, 0.29) is 10.6 Å². The Morgan fingerprint density at radius 3 is 2.45 bits per heavy atom. The van der Waals surface area contributed by atoms with Crippen molar-refractivity contribution in [2.24, 2.45) is 0 Å². The Morgan fingerprint density at radius 2 is 1.90 bits per heavy atom. The van der Waals surface area contributed by atoms with E-state index in [1.807, 2.05) is 0 Å². The van der Waals surface area contributed by atoms with Crippen molar-refractivity contribution in [1.82, 2.24) is 4.98 Å². The first-order valence-electron chi connectivity index (χ1n) is 5.84. The molecule has 0 unspecified atom stereocenters. The average Bonchev–Trinajstić information content (AvgIpc) is 2.47. The van der Waals surface area contributed by atoms with Crippen LogP contribution in [0.4, 0.5) is 15.9 Å². The van der Waals surface area contributed by atoms with E-state index in [1.54, 1.807) is 19.2 Å². The van der Waals surface area contributed by atoms with E-state index in [2.05, 4.69) is 10.3 Å². The largest absolute Gasteiger partial charge is 0.373 e. The van der Waals surface area contributed by atoms with Crippen LogP contribution in [0, 0.1) is 5.82 Å². The van der Waals surface area contributed by atoms with Crippen molar-refractivity contribution in [3.8, 4) is 0 Å². The lowest BCUT2D eigenvalue weighted by atomic mass is 10.3. The molecule has 106 valence electrons. The molecule has 0 fully saturated rings. The molecule has 0 aliphatic rings. The molecule has 2 aromatic rings. The zero-order chi connectivity index (χ0) is 14.8. The van der Waals surface area contributed by atoms with Gasteiger partial charge in [-0.3, -0.25) is 4.31 Å². The fourth-order valence-corrected chi connectivity index (χ4v) is 2.82. The highest BCUT2D eigenvalue weighted by molar-refractivity contribution is 7.92. The lowest BCUT2D eigenvalue weighted by molar-refractivity contribution is 0.589. The fourth-order valence-electron chi connectivity index (χ4n) is 1.68. The first kappa shape index (κ1) is 14.3. The van der Waals surface area contributed by atoms with E-state index in [9.17, 15) is 12.8 Å². The van der Waals surface area contributed by atoms with Gasteiger partial charge >= 0.3 is 0 Å². The molecule has 7 heteroatoms. The minimum atomic E-state index is -3.84. The predicted octanol–water partition coefficient (Wildman–Crippen LogP) is 2.09. The van der Waals surface area contributed by atoms with Gasteiger partial charge in [0.1, 0.15) is 16.5 Å². The maximum Gasteiger partial charge on any atom is 0.265 e. The summed E-state index contributed by atoms with van der Waals surface area (Å²) in [5.74, 6) is -0.0455. The van der Waals surface area contributed by atoms with E-state index in [4.69, 9.17) is 0 Å². The minimum absolute atomic E-state index is 0.00209. The Kier molecular flexibility index (Phi) is 3.89. The second-order valence-electron chi connectivity index (χ2n) is 4.05. The van der Waals surface area contributed by atoms with Crippen LogP contribution in [0.1, 0.15) is 0 Å². The van der Waals surface area contributed by atoms with Crippen molar-refractivity contribution in [2.75, 3.05) is 23.7 Å². The molecule has 1 aromatic heterocycles. The summed E-state index contributed by atoms with van der Waals surface area (Å²) in [6.45, 7) is 0. The number of pyridine rings is 1. The number of para-hydroxylation sites is 1. The molecule has 1 N–H and O–H groups in total. The van der Waals surface area contributed by atoms with Crippen molar-refractivity contribution in [3.63, 3.8) is 0 Å². The van der Waals surface area contributed by atoms with E-state index >= 15 is 0 Å². The van der Waals surface area contributed by atoms with Gasteiger partial charge in [-0.2, -0.15) is 0 Å². The van der Waals surface area contributed by atoms with Gasteiger partial charge in [-0.25, -0.2) is 17.8 Å². The summed E-state index contributed by atoms with van der Waals surface area (Å²) in [6.07, 6.45) is 1.23. The van der Waals surface area contributed by atoms with Crippen LogP contribution in [0.5, 0.6) is 0 Å². The number of benzene rings is 1. The quantitative estimate of drug-likeness (QED) is 0.938. The van der Waals surface area contributed by atoms with Crippen LogP contribution in [0.3, 0.4) is 0 Å². The molecule has 1 aromatic carbocycles. The number of halogens is 1. The zero-order valence-corrected chi connectivity index (χ0v) is 11.9. The third-order valence-corrected chi connectivity index (χ3v) is 4.60. The summed E-state index contributed by atoms with van der Waals surface area (Å²) < 4.78 is 39.3. The number of anilines is 2. The van der Waals surface area contributed by atoms with Crippen molar-refractivity contribution in [3.05, 3.63) is 48.4 Å². The van der Waals surface area contributed by atoms with E-state index in [0.717, 1.165) is 4.31 Å². The molecule has 0 radical (unpaired) electrons. The molecule has 0 spiro atoms. The number of sulfonamides is 1. The average molecular weight is 295 g/mol. The van der Waals surface area contributed by atoms with Crippen LogP contribution in [0.25, 0.3) is 0 Å². The standard InChI is InChI=1S/C13H14FN3O2S/c1-15-13-8-7-10(9-16-13)20(18,19)17(2)12-6-4-3-5-11(12)14/h3-9H,1-2H3,(H,15,16). The van der Waals surface area contributed by atoms with E-state index in [1.165, 1.54) is 37.5 Å². The topological polar surface area (TPSA) is 62.3 Å².